The molecule has 2 nitrogen and oxygen atoms in total. The minimum atomic E-state index is 0.744. The van der Waals surface area contributed by atoms with Crippen LogP contribution in [0.4, 0.5) is 0 Å². The Labute approximate surface area is 108 Å². The van der Waals surface area contributed by atoms with Crippen molar-refractivity contribution >= 4 is 0 Å². The molecule has 0 aromatic heterocycles. The maximum absolute atomic E-state index is 3.71. The molecular weight excluding hydrogens is 208 g/mol. The molecule has 1 N–H and O–H groups in total. The number of unbranched alkanes of at least 4 members (excludes halogenated alkanes) is 3. The van der Waals surface area contributed by atoms with Gasteiger partial charge in [0, 0.05) is 25.2 Å². The number of hydrogen-bond acceptors (Lipinski definition) is 2. The molecule has 0 aromatic rings. The van der Waals surface area contributed by atoms with Crippen LogP contribution in [0.2, 0.25) is 0 Å². The number of nitrogens with zero attached hydrogens (tertiary/aromatic N) is 1. The molecule has 0 aromatic carbocycles. The molecule has 1 fully saturated rings. The normalized spacial score (nSPS) is 26.3. The van der Waals surface area contributed by atoms with E-state index >= 15 is 0 Å². The molecule has 102 valence electrons. The molecule has 0 bridgehead atoms. The minimum absolute atomic E-state index is 0.744. The van der Waals surface area contributed by atoms with Crippen molar-refractivity contribution in [1.82, 2.24) is 10.2 Å². The first-order valence-electron chi connectivity index (χ1n) is 7.79. The monoisotopic (exact) mass is 240 g/mol. The van der Waals surface area contributed by atoms with Crippen molar-refractivity contribution in [3.05, 3.63) is 0 Å². The van der Waals surface area contributed by atoms with Crippen LogP contribution in [0.25, 0.3) is 0 Å². The molecule has 0 radical (unpaired) electrons. The van der Waals surface area contributed by atoms with Crippen LogP contribution in [-0.2, 0) is 0 Å². The van der Waals surface area contributed by atoms with Crippen LogP contribution in [0.1, 0.15) is 65.7 Å². The van der Waals surface area contributed by atoms with Crippen molar-refractivity contribution in [3.63, 3.8) is 0 Å². The minimum Gasteiger partial charge on any atom is -0.311 e. The highest BCUT2D eigenvalue weighted by molar-refractivity contribution is 4.85. The Morgan fingerprint density at radius 1 is 1.06 bits per heavy atom. The topological polar surface area (TPSA) is 15.3 Å². The van der Waals surface area contributed by atoms with E-state index in [-0.39, 0.29) is 0 Å². The highest BCUT2D eigenvalue weighted by atomic mass is 15.2. The summed E-state index contributed by atoms with van der Waals surface area (Å²) in [5.74, 6) is 0. The highest BCUT2D eigenvalue weighted by Crippen LogP contribution is 2.14. The van der Waals surface area contributed by atoms with Gasteiger partial charge >= 0.3 is 0 Å². The average Bonchev–Trinajstić information content (AvgIpc) is 2.35. The maximum Gasteiger partial charge on any atom is 0.0218 e. The first-order chi connectivity index (χ1) is 8.31. The molecule has 1 aliphatic heterocycles. The van der Waals surface area contributed by atoms with Gasteiger partial charge in [0.25, 0.3) is 0 Å². The molecule has 0 amide bonds. The third-order valence-corrected chi connectivity index (χ3v) is 4.02. The van der Waals surface area contributed by atoms with Gasteiger partial charge in [0.15, 0.2) is 0 Å². The molecule has 1 heterocycles. The molecular formula is C15H32N2. The van der Waals surface area contributed by atoms with E-state index in [1.165, 1.54) is 64.6 Å². The molecule has 2 unspecified atom stereocenters. The Morgan fingerprint density at radius 3 is 2.53 bits per heavy atom. The van der Waals surface area contributed by atoms with Gasteiger partial charge in [0.2, 0.25) is 0 Å². The summed E-state index contributed by atoms with van der Waals surface area (Å²) < 4.78 is 0. The second-order valence-electron chi connectivity index (χ2n) is 5.51. The van der Waals surface area contributed by atoms with Gasteiger partial charge in [0.1, 0.15) is 0 Å². The Kier molecular flexibility index (Phi) is 7.87. The fourth-order valence-corrected chi connectivity index (χ4v) is 2.89. The van der Waals surface area contributed by atoms with Crippen LogP contribution in [0.15, 0.2) is 0 Å². The van der Waals surface area contributed by atoms with Crippen LogP contribution in [0.5, 0.6) is 0 Å². The summed E-state index contributed by atoms with van der Waals surface area (Å²) in [5, 5.41) is 3.71. The van der Waals surface area contributed by atoms with Gasteiger partial charge in [-0.3, -0.25) is 4.90 Å². The van der Waals surface area contributed by atoms with Gasteiger partial charge in [-0.2, -0.15) is 0 Å². The van der Waals surface area contributed by atoms with E-state index in [9.17, 15) is 0 Å². The summed E-state index contributed by atoms with van der Waals surface area (Å²) in [4.78, 5) is 2.74. The van der Waals surface area contributed by atoms with Crippen LogP contribution in [0, 0.1) is 0 Å². The number of nitrogens with one attached hydrogen (secondary N) is 1. The van der Waals surface area contributed by atoms with E-state index in [0.29, 0.717) is 0 Å². The summed E-state index contributed by atoms with van der Waals surface area (Å²) >= 11 is 0. The van der Waals surface area contributed by atoms with E-state index in [0.717, 1.165) is 12.1 Å². The molecule has 0 saturated carbocycles. The summed E-state index contributed by atoms with van der Waals surface area (Å²) in [7, 11) is 0. The van der Waals surface area contributed by atoms with Crippen LogP contribution >= 0.6 is 0 Å². The highest BCUT2D eigenvalue weighted by Gasteiger charge is 2.25. The summed E-state index contributed by atoms with van der Waals surface area (Å²) in [5.41, 5.74) is 0. The molecule has 2 heteroatoms. The van der Waals surface area contributed by atoms with Crippen molar-refractivity contribution in [2.45, 2.75) is 77.8 Å². The van der Waals surface area contributed by atoms with Gasteiger partial charge in [-0.1, -0.05) is 46.5 Å². The molecule has 1 rings (SSSR count). The lowest BCUT2D eigenvalue weighted by molar-refractivity contribution is 0.120. The quantitative estimate of drug-likeness (QED) is 0.654. The first-order valence-corrected chi connectivity index (χ1v) is 7.79. The standard InChI is InChI=1S/C15H32N2/c1-4-7-8-9-11-17-13-14(10-5-2)16-12-15(17)6-3/h14-16H,4-13H2,1-3H3. The summed E-state index contributed by atoms with van der Waals surface area (Å²) in [6, 6.07) is 1.53. The van der Waals surface area contributed by atoms with Gasteiger partial charge in [-0.25, -0.2) is 0 Å². The van der Waals surface area contributed by atoms with Gasteiger partial charge in [-0.15, -0.1) is 0 Å². The van der Waals surface area contributed by atoms with E-state index in [4.69, 9.17) is 0 Å². The maximum atomic E-state index is 3.71. The van der Waals surface area contributed by atoms with Crippen molar-refractivity contribution in [3.8, 4) is 0 Å². The van der Waals surface area contributed by atoms with Gasteiger partial charge in [-0.05, 0) is 25.8 Å². The SMILES string of the molecule is CCCCCCN1CC(CCC)NCC1CC. The summed E-state index contributed by atoms with van der Waals surface area (Å²) in [6.45, 7) is 10.7. The van der Waals surface area contributed by atoms with Crippen LogP contribution in [-0.4, -0.2) is 36.6 Å². The predicted molar refractivity (Wildman–Crippen MR) is 76.5 cm³/mol. The van der Waals surface area contributed by atoms with Crippen LogP contribution in [0.3, 0.4) is 0 Å². The number of piperazine rings is 1. The van der Waals surface area contributed by atoms with Crippen LogP contribution < -0.4 is 5.32 Å². The fourth-order valence-electron chi connectivity index (χ4n) is 2.89. The van der Waals surface area contributed by atoms with Crippen molar-refractivity contribution < 1.29 is 0 Å². The Hall–Kier alpha value is -0.0800. The second-order valence-corrected chi connectivity index (χ2v) is 5.51. The molecule has 0 spiro atoms. The molecule has 0 aliphatic carbocycles. The van der Waals surface area contributed by atoms with Crippen molar-refractivity contribution in [1.29, 1.82) is 0 Å². The third kappa shape index (κ3) is 5.39. The molecule has 1 saturated heterocycles. The molecule has 1 aliphatic rings. The van der Waals surface area contributed by atoms with Gasteiger partial charge < -0.3 is 5.32 Å². The zero-order valence-electron chi connectivity index (χ0n) is 12.2. The molecule has 17 heavy (non-hydrogen) atoms. The third-order valence-electron chi connectivity index (χ3n) is 4.02. The van der Waals surface area contributed by atoms with E-state index in [1.54, 1.807) is 0 Å². The van der Waals surface area contributed by atoms with Gasteiger partial charge in [0.05, 0.1) is 0 Å². The Balaban J connectivity index is 2.29. The average molecular weight is 240 g/mol. The lowest BCUT2D eigenvalue weighted by Crippen LogP contribution is -2.56. The van der Waals surface area contributed by atoms with Crippen molar-refractivity contribution in [2.75, 3.05) is 19.6 Å². The Morgan fingerprint density at radius 2 is 1.88 bits per heavy atom. The smallest absolute Gasteiger partial charge is 0.0218 e. The van der Waals surface area contributed by atoms with E-state index < -0.39 is 0 Å². The van der Waals surface area contributed by atoms with E-state index in [2.05, 4.69) is 31.0 Å². The largest absolute Gasteiger partial charge is 0.311 e. The lowest BCUT2D eigenvalue weighted by atomic mass is 10.0. The summed E-state index contributed by atoms with van der Waals surface area (Å²) in [6.07, 6.45) is 9.48. The second kappa shape index (κ2) is 8.93. The Bertz CT molecular complexity index is 182. The number of rotatable bonds is 8. The lowest BCUT2D eigenvalue weighted by Gasteiger charge is -2.40. The predicted octanol–water partition coefficient (Wildman–Crippen LogP) is 3.42. The van der Waals surface area contributed by atoms with E-state index in [1.807, 2.05) is 0 Å². The van der Waals surface area contributed by atoms with Crippen molar-refractivity contribution in [2.24, 2.45) is 0 Å². The first kappa shape index (κ1) is 15.0. The fraction of sp³-hybridized carbons (Fsp3) is 1.00. The molecule has 2 atom stereocenters. The number of hydrogen-bond donors (Lipinski definition) is 1. The zero-order valence-corrected chi connectivity index (χ0v) is 12.2. The zero-order chi connectivity index (χ0) is 12.5.